The number of sulfonamides is 1. The highest BCUT2D eigenvalue weighted by Crippen LogP contribution is 2.41. The summed E-state index contributed by atoms with van der Waals surface area (Å²) in [5.74, 6) is -1.04. The summed E-state index contributed by atoms with van der Waals surface area (Å²) in [6.45, 7) is 12.1. The molecule has 244 valence electrons. The lowest BCUT2D eigenvalue weighted by molar-refractivity contribution is -0.137. The molecule has 0 saturated heterocycles. The lowest BCUT2D eigenvalue weighted by Gasteiger charge is -2.28. The van der Waals surface area contributed by atoms with Crippen molar-refractivity contribution in [2.75, 3.05) is 5.32 Å². The van der Waals surface area contributed by atoms with Gasteiger partial charge in [0.15, 0.2) is 5.17 Å². The number of nitrogens with zero attached hydrogens (tertiary/aromatic N) is 1. The number of carbonyl (C=O) groups is 2. The van der Waals surface area contributed by atoms with Gasteiger partial charge in [-0.2, -0.15) is 18.2 Å². The zero-order valence-electron chi connectivity index (χ0n) is 26.0. The molecule has 0 atom stereocenters. The van der Waals surface area contributed by atoms with Gasteiger partial charge in [0.1, 0.15) is 5.75 Å². The van der Waals surface area contributed by atoms with Gasteiger partial charge >= 0.3 is 6.18 Å². The summed E-state index contributed by atoms with van der Waals surface area (Å²) in [5.41, 5.74) is 1.68. The third-order valence-corrected chi connectivity index (χ3v) is 9.26. The minimum Gasteiger partial charge on any atom is -0.507 e. The van der Waals surface area contributed by atoms with Crippen LogP contribution in [0.2, 0.25) is 0 Å². The number of nitrogens with one attached hydrogen (secondary N) is 2. The fourth-order valence-electron chi connectivity index (χ4n) is 4.58. The molecule has 0 aromatic heterocycles. The molecule has 0 radical (unpaired) electrons. The second-order valence-electron chi connectivity index (χ2n) is 12.8. The average Bonchev–Trinajstić information content (AvgIpc) is 3.26. The number of amides is 2. The SMILES string of the molecule is CC(C)(C)c1cc(/C=C2\SC(Nc3ccc(CC(=O)NS(=O)(=O)c4ccc(C(F)(F)F)cc4)cc3)=NC2=O)cc(C(C)(C)C)c1O. The molecule has 0 saturated carbocycles. The van der Waals surface area contributed by atoms with E-state index in [9.17, 15) is 36.3 Å². The number of aliphatic imine (C=N–C) groups is 1. The van der Waals surface area contributed by atoms with E-state index in [1.807, 2.05) is 58.4 Å². The van der Waals surface area contributed by atoms with E-state index >= 15 is 0 Å². The molecule has 2 amide bonds. The van der Waals surface area contributed by atoms with Gasteiger partial charge < -0.3 is 10.4 Å². The van der Waals surface area contributed by atoms with E-state index in [-0.39, 0.29) is 23.0 Å². The van der Waals surface area contributed by atoms with Crippen LogP contribution in [0.1, 0.15) is 69.4 Å². The third kappa shape index (κ3) is 8.38. The molecule has 3 N–H and O–H groups in total. The number of hydrogen-bond acceptors (Lipinski definition) is 7. The van der Waals surface area contributed by atoms with Gasteiger partial charge in [-0.3, -0.25) is 9.59 Å². The van der Waals surface area contributed by atoms with E-state index in [1.54, 1.807) is 30.3 Å². The van der Waals surface area contributed by atoms with Crippen molar-refractivity contribution in [2.45, 2.75) is 69.9 Å². The van der Waals surface area contributed by atoms with Crippen LogP contribution in [-0.4, -0.2) is 30.5 Å². The normalized spacial score (nSPS) is 15.2. The Morgan fingerprint density at radius 1 is 0.913 bits per heavy atom. The largest absolute Gasteiger partial charge is 0.507 e. The summed E-state index contributed by atoms with van der Waals surface area (Å²) in [6.07, 6.45) is -3.18. The Kier molecular flexibility index (Phi) is 9.52. The molecular weight excluding hydrogens is 640 g/mol. The van der Waals surface area contributed by atoms with Crippen molar-refractivity contribution in [2.24, 2.45) is 4.99 Å². The molecule has 46 heavy (non-hydrogen) atoms. The fraction of sp³-hybridized carbons (Fsp3) is 0.303. The van der Waals surface area contributed by atoms with Gasteiger partial charge in [0.2, 0.25) is 5.91 Å². The lowest BCUT2D eigenvalue weighted by Crippen LogP contribution is -2.31. The van der Waals surface area contributed by atoms with Gasteiger partial charge in [0, 0.05) is 16.8 Å². The summed E-state index contributed by atoms with van der Waals surface area (Å²) in [6, 6.07) is 13.0. The van der Waals surface area contributed by atoms with E-state index in [4.69, 9.17) is 0 Å². The maximum atomic E-state index is 12.8. The van der Waals surface area contributed by atoms with Crippen LogP contribution in [0.15, 0.2) is 75.5 Å². The number of hydrogen-bond donors (Lipinski definition) is 3. The van der Waals surface area contributed by atoms with Crippen molar-refractivity contribution < 1.29 is 36.3 Å². The molecule has 13 heteroatoms. The number of phenols is 1. The maximum absolute atomic E-state index is 12.8. The van der Waals surface area contributed by atoms with Crippen molar-refractivity contribution in [3.05, 3.63) is 93.4 Å². The lowest BCUT2D eigenvalue weighted by atomic mass is 9.78. The second kappa shape index (κ2) is 12.6. The van der Waals surface area contributed by atoms with Gasteiger partial charge in [0.25, 0.3) is 15.9 Å². The molecule has 0 fully saturated rings. The standard InChI is InChI=1S/C33H34F3N3O5S2/c1-31(2,3)24-15-20(16-25(28(24)41)32(4,5)6)17-26-29(42)38-30(45-26)37-22-11-7-19(8-12-22)18-27(40)39-46(43,44)23-13-9-21(10-14-23)33(34,35)36/h7-17,41H,18H2,1-6H3,(H,39,40)(H,37,38,42)/b26-17-. The van der Waals surface area contributed by atoms with Crippen LogP contribution >= 0.6 is 11.8 Å². The smallest absolute Gasteiger partial charge is 0.416 e. The van der Waals surface area contributed by atoms with Crippen molar-refractivity contribution in [1.82, 2.24) is 4.72 Å². The van der Waals surface area contributed by atoms with E-state index in [0.29, 0.717) is 33.5 Å². The number of thioether (sulfide) groups is 1. The van der Waals surface area contributed by atoms with Crippen molar-refractivity contribution in [3.8, 4) is 5.75 Å². The minimum atomic E-state index is -4.62. The highest BCUT2D eigenvalue weighted by molar-refractivity contribution is 8.18. The molecule has 8 nitrogen and oxygen atoms in total. The Morgan fingerprint density at radius 3 is 1.96 bits per heavy atom. The average molecular weight is 674 g/mol. The zero-order chi connectivity index (χ0) is 34.2. The molecule has 0 bridgehead atoms. The van der Waals surface area contributed by atoms with E-state index in [2.05, 4.69) is 10.3 Å². The molecule has 0 unspecified atom stereocenters. The first-order valence-corrected chi connectivity index (χ1v) is 16.4. The zero-order valence-corrected chi connectivity index (χ0v) is 27.7. The molecule has 4 rings (SSSR count). The highest BCUT2D eigenvalue weighted by atomic mass is 32.2. The molecule has 1 heterocycles. The minimum absolute atomic E-state index is 0.243. The quantitative estimate of drug-likeness (QED) is 0.238. The molecule has 3 aromatic carbocycles. The van der Waals surface area contributed by atoms with Crippen LogP contribution in [0.4, 0.5) is 18.9 Å². The van der Waals surface area contributed by atoms with Crippen LogP contribution in [0, 0.1) is 0 Å². The predicted molar refractivity (Wildman–Crippen MR) is 174 cm³/mol. The topological polar surface area (TPSA) is 125 Å². The first-order valence-electron chi connectivity index (χ1n) is 14.1. The van der Waals surface area contributed by atoms with E-state index in [1.165, 1.54) is 0 Å². The molecule has 0 spiro atoms. The Balaban J connectivity index is 1.41. The number of alkyl halides is 3. The van der Waals surface area contributed by atoms with Gasteiger partial charge in [0.05, 0.1) is 21.8 Å². The number of benzene rings is 3. The number of anilines is 1. The van der Waals surface area contributed by atoms with E-state index < -0.39 is 38.5 Å². The summed E-state index contributed by atoms with van der Waals surface area (Å²) in [4.78, 5) is 29.2. The summed E-state index contributed by atoms with van der Waals surface area (Å²) < 4.78 is 65.1. The maximum Gasteiger partial charge on any atom is 0.416 e. The third-order valence-electron chi connectivity index (χ3n) is 6.98. The number of halogens is 3. The van der Waals surface area contributed by atoms with Gasteiger partial charge in [-0.1, -0.05) is 53.7 Å². The fourth-order valence-corrected chi connectivity index (χ4v) is 6.40. The number of rotatable bonds is 6. The van der Waals surface area contributed by atoms with E-state index in [0.717, 1.165) is 40.6 Å². The monoisotopic (exact) mass is 673 g/mol. The summed E-state index contributed by atoms with van der Waals surface area (Å²) in [7, 11) is -4.37. The number of amidine groups is 1. The molecule has 1 aliphatic heterocycles. The summed E-state index contributed by atoms with van der Waals surface area (Å²) >= 11 is 1.16. The highest BCUT2D eigenvalue weighted by Gasteiger charge is 2.31. The summed E-state index contributed by atoms with van der Waals surface area (Å²) in [5, 5.41) is 14.4. The Labute approximate surface area is 270 Å². The van der Waals surface area contributed by atoms with Crippen LogP contribution in [0.5, 0.6) is 5.75 Å². The Bertz CT molecular complexity index is 1800. The van der Waals surface area contributed by atoms with Crippen LogP contribution in [0.3, 0.4) is 0 Å². The van der Waals surface area contributed by atoms with Crippen molar-refractivity contribution in [1.29, 1.82) is 0 Å². The second-order valence-corrected chi connectivity index (χ2v) is 15.6. The Hall–Kier alpha value is -4.10. The molecule has 0 aliphatic carbocycles. The number of phenolic OH excluding ortho intramolecular Hbond substituents is 1. The molecular formula is C33H34F3N3O5S2. The molecule has 1 aliphatic rings. The van der Waals surface area contributed by atoms with Gasteiger partial charge in [-0.15, -0.1) is 0 Å². The van der Waals surface area contributed by atoms with Gasteiger partial charge in [-0.25, -0.2) is 13.1 Å². The van der Waals surface area contributed by atoms with Gasteiger partial charge in [-0.05, 0) is 88.3 Å². The molecule has 3 aromatic rings. The van der Waals surface area contributed by atoms with Crippen LogP contribution < -0.4 is 10.0 Å². The Morgan fingerprint density at radius 2 is 1.46 bits per heavy atom. The predicted octanol–water partition coefficient (Wildman–Crippen LogP) is 7.14. The first kappa shape index (κ1) is 34.8. The van der Waals surface area contributed by atoms with Crippen molar-refractivity contribution in [3.63, 3.8) is 0 Å². The van der Waals surface area contributed by atoms with Crippen molar-refractivity contribution >= 4 is 50.5 Å². The van der Waals surface area contributed by atoms with Crippen LogP contribution in [0.25, 0.3) is 6.08 Å². The number of aromatic hydroxyl groups is 1. The first-order chi connectivity index (χ1) is 21.1. The number of carbonyl (C=O) groups excluding carboxylic acids is 2. The van der Waals surface area contributed by atoms with Crippen LogP contribution in [-0.2, 0) is 43.0 Å².